The highest BCUT2D eigenvalue weighted by molar-refractivity contribution is 5.27. The molecule has 1 aromatic carbocycles. The van der Waals surface area contributed by atoms with Crippen LogP contribution in [0.25, 0.3) is 0 Å². The van der Waals surface area contributed by atoms with Crippen LogP contribution in [0.4, 0.5) is 4.39 Å². The Kier molecular flexibility index (Phi) is 3.67. The van der Waals surface area contributed by atoms with Gasteiger partial charge in [0.1, 0.15) is 0 Å². The number of hydrogen-bond acceptors (Lipinski definition) is 2. The van der Waals surface area contributed by atoms with Crippen LogP contribution >= 0.6 is 0 Å². The monoisotopic (exact) mass is 237 g/mol. The summed E-state index contributed by atoms with van der Waals surface area (Å²) in [5, 5.41) is 12.5. The van der Waals surface area contributed by atoms with E-state index in [1.165, 1.54) is 37.8 Å². The van der Waals surface area contributed by atoms with Crippen LogP contribution in [0, 0.1) is 11.2 Å². The quantitative estimate of drug-likeness (QED) is 0.796. The first-order chi connectivity index (χ1) is 8.15. The lowest BCUT2D eigenvalue weighted by atomic mass is 10.0. The highest BCUT2D eigenvalue weighted by atomic mass is 19.1. The van der Waals surface area contributed by atoms with E-state index >= 15 is 0 Å². The smallest absolute Gasteiger partial charge is 0.165 e. The van der Waals surface area contributed by atoms with Gasteiger partial charge in [0.05, 0.1) is 0 Å². The second kappa shape index (κ2) is 5.05. The molecule has 0 saturated heterocycles. The molecule has 1 aliphatic carbocycles. The third-order valence-corrected chi connectivity index (χ3v) is 3.58. The molecule has 2 N–H and O–H groups in total. The molecule has 0 aromatic heterocycles. The number of phenolic OH excluding ortho intramolecular Hbond substituents is 1. The maximum absolute atomic E-state index is 13.1. The minimum Gasteiger partial charge on any atom is -0.505 e. The van der Waals surface area contributed by atoms with Crippen molar-refractivity contribution in [3.8, 4) is 5.75 Å². The van der Waals surface area contributed by atoms with Gasteiger partial charge >= 0.3 is 0 Å². The molecule has 2 nitrogen and oxygen atoms in total. The van der Waals surface area contributed by atoms with E-state index in [0.29, 0.717) is 12.0 Å². The number of rotatable bonds is 6. The molecule has 0 amide bonds. The Morgan fingerprint density at radius 3 is 2.76 bits per heavy atom. The van der Waals surface area contributed by atoms with E-state index in [1.54, 1.807) is 6.07 Å². The van der Waals surface area contributed by atoms with E-state index in [0.717, 1.165) is 12.1 Å². The highest BCUT2D eigenvalue weighted by Gasteiger charge is 2.40. The molecule has 1 fully saturated rings. The van der Waals surface area contributed by atoms with Crippen LogP contribution < -0.4 is 5.32 Å². The number of hydrogen-bond donors (Lipinski definition) is 2. The first-order valence-electron chi connectivity index (χ1n) is 6.33. The Labute approximate surface area is 102 Å². The number of aromatic hydroxyl groups is 1. The summed E-state index contributed by atoms with van der Waals surface area (Å²) in [5.41, 5.74) is 1.40. The van der Waals surface area contributed by atoms with Gasteiger partial charge in [-0.1, -0.05) is 19.4 Å². The van der Waals surface area contributed by atoms with Gasteiger partial charge in [0, 0.05) is 13.1 Å². The van der Waals surface area contributed by atoms with E-state index in [2.05, 4.69) is 12.2 Å². The van der Waals surface area contributed by atoms with Gasteiger partial charge in [-0.05, 0) is 42.4 Å². The average Bonchev–Trinajstić information content (AvgIpc) is 3.04. The van der Waals surface area contributed by atoms with E-state index in [9.17, 15) is 4.39 Å². The van der Waals surface area contributed by atoms with E-state index < -0.39 is 5.82 Å². The molecular formula is C14H20FNO. The lowest BCUT2D eigenvalue weighted by Gasteiger charge is -2.14. The zero-order valence-corrected chi connectivity index (χ0v) is 10.3. The SMILES string of the molecule is CCCC1(CNCc2ccc(O)c(F)c2)CC1. The molecule has 0 bridgehead atoms. The van der Waals surface area contributed by atoms with E-state index in [-0.39, 0.29) is 5.75 Å². The molecule has 0 atom stereocenters. The zero-order valence-electron chi connectivity index (χ0n) is 10.3. The first-order valence-corrected chi connectivity index (χ1v) is 6.33. The second-order valence-electron chi connectivity index (χ2n) is 5.14. The van der Waals surface area contributed by atoms with Crippen molar-refractivity contribution in [3.63, 3.8) is 0 Å². The van der Waals surface area contributed by atoms with Crippen molar-refractivity contribution in [3.05, 3.63) is 29.6 Å². The molecule has 0 unspecified atom stereocenters. The van der Waals surface area contributed by atoms with Crippen LogP contribution in [0.1, 0.15) is 38.2 Å². The van der Waals surface area contributed by atoms with Gasteiger partial charge in [-0.15, -0.1) is 0 Å². The van der Waals surface area contributed by atoms with Crippen molar-refractivity contribution >= 4 is 0 Å². The molecule has 0 spiro atoms. The Morgan fingerprint density at radius 1 is 1.41 bits per heavy atom. The fourth-order valence-corrected chi connectivity index (χ4v) is 2.35. The molecule has 2 rings (SSSR count). The van der Waals surface area contributed by atoms with Crippen molar-refractivity contribution in [2.45, 2.75) is 39.2 Å². The van der Waals surface area contributed by atoms with Gasteiger partial charge in [-0.2, -0.15) is 0 Å². The molecule has 17 heavy (non-hydrogen) atoms. The molecule has 0 heterocycles. The highest BCUT2D eigenvalue weighted by Crippen LogP contribution is 2.48. The zero-order chi connectivity index (χ0) is 12.3. The summed E-state index contributed by atoms with van der Waals surface area (Å²) in [6.07, 6.45) is 5.15. The average molecular weight is 237 g/mol. The summed E-state index contributed by atoms with van der Waals surface area (Å²) in [6, 6.07) is 4.55. The normalized spacial score (nSPS) is 17.1. The third kappa shape index (κ3) is 3.19. The predicted molar refractivity (Wildman–Crippen MR) is 66.3 cm³/mol. The van der Waals surface area contributed by atoms with Crippen LogP contribution in [-0.2, 0) is 6.54 Å². The Bertz CT molecular complexity index is 388. The molecule has 1 saturated carbocycles. The lowest BCUT2D eigenvalue weighted by molar-refractivity contribution is 0.418. The molecule has 0 aliphatic heterocycles. The molecular weight excluding hydrogens is 217 g/mol. The molecule has 3 heteroatoms. The summed E-state index contributed by atoms with van der Waals surface area (Å²) in [6.45, 7) is 3.90. The van der Waals surface area contributed by atoms with Crippen LogP contribution in [0.2, 0.25) is 0 Å². The lowest BCUT2D eigenvalue weighted by Crippen LogP contribution is -2.23. The van der Waals surface area contributed by atoms with Crippen molar-refractivity contribution in [2.75, 3.05) is 6.54 Å². The van der Waals surface area contributed by atoms with E-state index in [4.69, 9.17) is 5.11 Å². The van der Waals surface area contributed by atoms with Crippen LogP contribution in [0.15, 0.2) is 18.2 Å². The van der Waals surface area contributed by atoms with Crippen LogP contribution in [0.3, 0.4) is 0 Å². The molecule has 94 valence electrons. The van der Waals surface area contributed by atoms with Gasteiger partial charge in [0.25, 0.3) is 0 Å². The molecule has 1 aromatic rings. The van der Waals surface area contributed by atoms with E-state index in [1.807, 2.05) is 0 Å². The number of nitrogens with one attached hydrogen (secondary N) is 1. The summed E-state index contributed by atoms with van der Waals surface area (Å²) in [7, 11) is 0. The number of benzene rings is 1. The van der Waals surface area contributed by atoms with Crippen molar-refractivity contribution in [1.82, 2.24) is 5.32 Å². The maximum Gasteiger partial charge on any atom is 0.165 e. The number of phenols is 1. The Balaban J connectivity index is 1.80. The largest absolute Gasteiger partial charge is 0.505 e. The van der Waals surface area contributed by atoms with Gasteiger partial charge in [-0.25, -0.2) is 4.39 Å². The Hall–Kier alpha value is -1.09. The van der Waals surface area contributed by atoms with Crippen molar-refractivity contribution in [2.24, 2.45) is 5.41 Å². The molecule has 0 radical (unpaired) electrons. The second-order valence-corrected chi connectivity index (χ2v) is 5.14. The van der Waals surface area contributed by atoms with Gasteiger partial charge < -0.3 is 10.4 Å². The van der Waals surface area contributed by atoms with Gasteiger partial charge in [0.15, 0.2) is 11.6 Å². The summed E-state index contributed by atoms with van der Waals surface area (Å²) < 4.78 is 13.1. The van der Waals surface area contributed by atoms with Gasteiger partial charge in [-0.3, -0.25) is 0 Å². The third-order valence-electron chi connectivity index (χ3n) is 3.58. The van der Waals surface area contributed by atoms with Crippen LogP contribution in [0.5, 0.6) is 5.75 Å². The summed E-state index contributed by atoms with van der Waals surface area (Å²) in [5.74, 6) is -0.822. The summed E-state index contributed by atoms with van der Waals surface area (Å²) >= 11 is 0. The summed E-state index contributed by atoms with van der Waals surface area (Å²) in [4.78, 5) is 0. The number of halogens is 1. The fourth-order valence-electron chi connectivity index (χ4n) is 2.35. The first kappa shape index (κ1) is 12.4. The maximum atomic E-state index is 13.1. The van der Waals surface area contributed by atoms with Crippen molar-refractivity contribution in [1.29, 1.82) is 0 Å². The standard InChI is InChI=1S/C14H20FNO/c1-2-5-14(6-7-14)10-16-9-11-3-4-13(17)12(15)8-11/h3-4,8,16-17H,2,5-7,9-10H2,1H3. The Morgan fingerprint density at radius 2 is 2.18 bits per heavy atom. The minimum absolute atomic E-state index is 0.279. The minimum atomic E-state index is -0.543. The van der Waals surface area contributed by atoms with Crippen LogP contribution in [-0.4, -0.2) is 11.7 Å². The van der Waals surface area contributed by atoms with Gasteiger partial charge in [0.2, 0.25) is 0 Å². The topological polar surface area (TPSA) is 32.3 Å². The fraction of sp³-hybridized carbons (Fsp3) is 0.571. The van der Waals surface area contributed by atoms with Crippen molar-refractivity contribution < 1.29 is 9.50 Å². The predicted octanol–water partition coefficient (Wildman–Crippen LogP) is 3.20. The molecule has 1 aliphatic rings.